The molecule has 1 N–H and O–H groups in total. The van der Waals surface area contributed by atoms with Crippen LogP contribution in [0.3, 0.4) is 0 Å². The molecule has 0 aromatic heterocycles. The Morgan fingerprint density at radius 2 is 1.73 bits per heavy atom. The molecular formula is C28H36Cl3N3O5S. The number of halogens is 3. The Morgan fingerprint density at radius 1 is 1.02 bits per heavy atom. The van der Waals surface area contributed by atoms with Crippen molar-refractivity contribution < 1.29 is 22.7 Å². The molecule has 0 bridgehead atoms. The highest BCUT2D eigenvalue weighted by molar-refractivity contribution is 7.92. The van der Waals surface area contributed by atoms with Crippen molar-refractivity contribution in [2.45, 2.75) is 70.5 Å². The molecule has 1 aliphatic carbocycles. The van der Waals surface area contributed by atoms with Gasteiger partial charge in [0.1, 0.15) is 11.8 Å². The monoisotopic (exact) mass is 631 g/mol. The summed E-state index contributed by atoms with van der Waals surface area (Å²) in [4.78, 5) is 28.2. The Bertz CT molecular complexity index is 1300. The Kier molecular flexibility index (Phi) is 11.8. The molecule has 40 heavy (non-hydrogen) atoms. The minimum atomic E-state index is -3.66. The molecule has 2 amide bonds. The van der Waals surface area contributed by atoms with Gasteiger partial charge < -0.3 is 15.0 Å². The number of nitrogens with one attached hydrogen (secondary N) is 1. The fourth-order valence-electron chi connectivity index (χ4n) is 4.80. The number of sulfonamides is 1. The summed E-state index contributed by atoms with van der Waals surface area (Å²) < 4.78 is 31.5. The van der Waals surface area contributed by atoms with Gasteiger partial charge in [-0.2, -0.15) is 0 Å². The zero-order chi connectivity index (χ0) is 29.4. The average Bonchev–Trinajstić information content (AvgIpc) is 2.91. The molecule has 8 nitrogen and oxygen atoms in total. The largest absolute Gasteiger partial charge is 0.495 e. The number of carbonyl (C=O) groups excluding carboxylic acids is 2. The maximum Gasteiger partial charge on any atom is 0.242 e. The molecule has 0 heterocycles. The van der Waals surface area contributed by atoms with E-state index in [1.165, 1.54) is 22.4 Å². The third-order valence-corrected chi connectivity index (χ3v) is 9.26. The zero-order valence-electron chi connectivity index (χ0n) is 23.0. The lowest BCUT2D eigenvalue weighted by molar-refractivity contribution is -0.141. The van der Waals surface area contributed by atoms with Crippen LogP contribution in [-0.4, -0.2) is 57.1 Å². The van der Waals surface area contributed by atoms with Crippen LogP contribution in [0.25, 0.3) is 0 Å². The molecular weight excluding hydrogens is 597 g/mol. The Balaban J connectivity index is 1.75. The van der Waals surface area contributed by atoms with E-state index in [9.17, 15) is 18.0 Å². The van der Waals surface area contributed by atoms with E-state index in [0.29, 0.717) is 21.5 Å². The average molecular weight is 633 g/mol. The van der Waals surface area contributed by atoms with Crippen molar-refractivity contribution in [2.24, 2.45) is 0 Å². The van der Waals surface area contributed by atoms with Gasteiger partial charge in [0.05, 0.1) is 34.1 Å². The van der Waals surface area contributed by atoms with E-state index in [4.69, 9.17) is 39.5 Å². The van der Waals surface area contributed by atoms with Crippen LogP contribution in [0.15, 0.2) is 36.4 Å². The van der Waals surface area contributed by atoms with Gasteiger partial charge in [0.2, 0.25) is 21.8 Å². The second kappa shape index (κ2) is 14.6. The molecule has 2 aromatic carbocycles. The summed E-state index contributed by atoms with van der Waals surface area (Å²) in [5.41, 5.74) is 1.10. The maximum atomic E-state index is 13.5. The number of nitrogens with zero attached hydrogens (tertiary/aromatic N) is 2. The van der Waals surface area contributed by atoms with Crippen LogP contribution in [0, 0.1) is 0 Å². The van der Waals surface area contributed by atoms with Crippen molar-refractivity contribution in [3.8, 4) is 5.75 Å². The Labute approximate surface area is 251 Å². The lowest BCUT2D eigenvalue weighted by Crippen LogP contribution is -2.50. The number of carbonyl (C=O) groups is 2. The van der Waals surface area contributed by atoms with E-state index in [-0.39, 0.29) is 48.8 Å². The molecule has 3 rings (SSSR count). The molecule has 1 saturated carbocycles. The van der Waals surface area contributed by atoms with E-state index >= 15 is 0 Å². The Hall–Kier alpha value is -2.20. The number of anilines is 1. The third kappa shape index (κ3) is 8.90. The number of rotatable bonds is 12. The summed E-state index contributed by atoms with van der Waals surface area (Å²) in [7, 11) is -2.19. The summed E-state index contributed by atoms with van der Waals surface area (Å²) >= 11 is 18.5. The van der Waals surface area contributed by atoms with E-state index < -0.39 is 16.1 Å². The first-order valence-electron chi connectivity index (χ1n) is 13.3. The van der Waals surface area contributed by atoms with Gasteiger partial charge in [-0.05, 0) is 62.1 Å². The first kappa shape index (κ1) is 32.3. The summed E-state index contributed by atoms with van der Waals surface area (Å²) in [6.45, 7) is 1.91. The van der Waals surface area contributed by atoms with Crippen LogP contribution in [0.1, 0.15) is 57.4 Å². The van der Waals surface area contributed by atoms with Crippen molar-refractivity contribution in [1.82, 2.24) is 10.2 Å². The molecule has 1 fully saturated rings. The number of benzene rings is 2. The van der Waals surface area contributed by atoms with Crippen LogP contribution < -0.4 is 14.4 Å². The van der Waals surface area contributed by atoms with Crippen LogP contribution in [0.2, 0.25) is 15.1 Å². The van der Waals surface area contributed by atoms with Crippen LogP contribution in [0.5, 0.6) is 5.75 Å². The maximum absolute atomic E-state index is 13.5. The molecule has 0 saturated heterocycles. The highest BCUT2D eigenvalue weighted by atomic mass is 35.5. The summed E-state index contributed by atoms with van der Waals surface area (Å²) in [6.07, 6.45) is 6.51. The number of methoxy groups -OCH3 is 1. The van der Waals surface area contributed by atoms with Crippen LogP contribution >= 0.6 is 34.8 Å². The highest BCUT2D eigenvalue weighted by Gasteiger charge is 2.28. The molecule has 0 unspecified atom stereocenters. The van der Waals surface area contributed by atoms with Gasteiger partial charge in [-0.3, -0.25) is 13.9 Å². The highest BCUT2D eigenvalue weighted by Crippen LogP contribution is 2.30. The normalized spacial score (nSPS) is 14.8. The predicted molar refractivity (Wildman–Crippen MR) is 161 cm³/mol. The fourth-order valence-corrected chi connectivity index (χ4v) is 6.33. The van der Waals surface area contributed by atoms with Crippen molar-refractivity contribution >= 4 is 62.3 Å². The van der Waals surface area contributed by atoms with Gasteiger partial charge in [0.25, 0.3) is 0 Å². The minimum absolute atomic E-state index is 0.0261. The number of hydrogen-bond donors (Lipinski definition) is 1. The Morgan fingerprint density at radius 3 is 2.33 bits per heavy atom. The summed E-state index contributed by atoms with van der Waals surface area (Å²) in [5.74, 6) is -0.0722. The topological polar surface area (TPSA) is 96.0 Å². The quantitative estimate of drug-likeness (QED) is 0.307. The molecule has 0 spiro atoms. The van der Waals surface area contributed by atoms with E-state index in [2.05, 4.69) is 5.32 Å². The first-order chi connectivity index (χ1) is 18.9. The molecule has 2 aromatic rings. The molecule has 0 radical (unpaired) electrons. The lowest BCUT2D eigenvalue weighted by Gasteiger charge is -2.31. The smallest absolute Gasteiger partial charge is 0.242 e. The van der Waals surface area contributed by atoms with Gasteiger partial charge in [-0.15, -0.1) is 0 Å². The van der Waals surface area contributed by atoms with Crippen molar-refractivity contribution in [2.75, 3.05) is 24.2 Å². The molecule has 1 atom stereocenters. The second-order valence-electron chi connectivity index (χ2n) is 10.0. The van der Waals surface area contributed by atoms with Gasteiger partial charge in [0, 0.05) is 25.6 Å². The molecule has 1 aliphatic rings. The van der Waals surface area contributed by atoms with Crippen molar-refractivity contribution in [3.63, 3.8) is 0 Å². The molecule has 0 aliphatic heterocycles. The SMILES string of the molecule is COc1ccc(N(CCCC(=O)N(Cc2ccc(Cl)c(Cl)c2)[C@@H](C)C(=O)NC2CCCCC2)S(C)(=O)=O)cc1Cl. The van der Waals surface area contributed by atoms with Gasteiger partial charge in [-0.1, -0.05) is 60.1 Å². The van der Waals surface area contributed by atoms with E-state index in [0.717, 1.165) is 43.9 Å². The summed E-state index contributed by atoms with van der Waals surface area (Å²) in [6, 6.07) is 9.15. The lowest BCUT2D eigenvalue weighted by atomic mass is 9.95. The van der Waals surface area contributed by atoms with Gasteiger partial charge >= 0.3 is 0 Å². The number of hydrogen-bond acceptors (Lipinski definition) is 5. The third-order valence-electron chi connectivity index (χ3n) is 7.03. The molecule has 12 heteroatoms. The zero-order valence-corrected chi connectivity index (χ0v) is 26.0. The molecule has 220 valence electrons. The summed E-state index contributed by atoms with van der Waals surface area (Å²) in [5, 5.41) is 4.12. The van der Waals surface area contributed by atoms with Crippen molar-refractivity contribution in [1.29, 1.82) is 0 Å². The predicted octanol–water partition coefficient (Wildman–Crippen LogP) is 6.07. The van der Waals surface area contributed by atoms with Crippen molar-refractivity contribution in [3.05, 3.63) is 57.0 Å². The van der Waals surface area contributed by atoms with E-state index in [1.807, 2.05) is 0 Å². The first-order valence-corrected chi connectivity index (χ1v) is 16.2. The van der Waals surface area contributed by atoms with E-state index in [1.54, 1.807) is 37.3 Å². The van der Waals surface area contributed by atoms with Gasteiger partial charge in [-0.25, -0.2) is 8.42 Å². The number of ether oxygens (including phenoxy) is 1. The minimum Gasteiger partial charge on any atom is -0.495 e. The van der Waals surface area contributed by atoms with Crippen LogP contribution in [0.4, 0.5) is 5.69 Å². The van der Waals surface area contributed by atoms with Crippen LogP contribution in [-0.2, 0) is 26.2 Å². The second-order valence-corrected chi connectivity index (χ2v) is 13.2. The fraction of sp³-hybridized carbons (Fsp3) is 0.500. The van der Waals surface area contributed by atoms with Gasteiger partial charge in [0.15, 0.2) is 0 Å². The number of amides is 2. The standard InChI is InChI=1S/C28H36Cl3N3O5S/c1-19(28(36)32-21-8-5-4-6-9-21)33(18-20-11-13-23(29)24(30)16-20)27(35)10-7-15-34(40(3,37)38)22-12-14-26(39-2)25(31)17-22/h11-14,16-17,19,21H,4-10,15,18H2,1-3H3,(H,32,36)/t19-/m0/s1.